The number of nitrogens with zero attached hydrogens (tertiary/aromatic N) is 4. The topological polar surface area (TPSA) is 114 Å². The minimum atomic E-state index is -0.665. The Kier molecular flexibility index (Phi) is 4.71. The highest BCUT2D eigenvalue weighted by Crippen LogP contribution is 2.57. The normalized spacial score (nSPS) is 23.6. The first-order chi connectivity index (χ1) is 16.8. The zero-order chi connectivity index (χ0) is 24.4. The Balaban J connectivity index is 1.51. The second-order valence-corrected chi connectivity index (χ2v) is 10.2. The number of hydrogen-bond acceptors (Lipinski definition) is 5. The highest BCUT2D eigenvalue weighted by atomic mass is 16.4. The van der Waals surface area contributed by atoms with Crippen LogP contribution in [0.2, 0.25) is 0 Å². The number of carbonyl (C=O) groups is 1. The predicted octanol–water partition coefficient (Wildman–Crippen LogP) is 4.37. The van der Waals surface area contributed by atoms with Gasteiger partial charge in [-0.25, -0.2) is 9.97 Å². The first-order valence-corrected chi connectivity index (χ1v) is 12.0. The van der Waals surface area contributed by atoms with Gasteiger partial charge in [0.05, 0.1) is 34.0 Å². The lowest BCUT2D eigenvalue weighted by atomic mass is 9.53. The molecule has 3 fully saturated rings. The van der Waals surface area contributed by atoms with Crippen molar-refractivity contribution in [2.75, 3.05) is 0 Å². The molecule has 0 saturated heterocycles. The number of benzene rings is 1. The second-order valence-electron chi connectivity index (χ2n) is 10.2. The van der Waals surface area contributed by atoms with Gasteiger partial charge in [-0.2, -0.15) is 0 Å². The molecule has 3 heterocycles. The molecule has 35 heavy (non-hydrogen) atoms. The van der Waals surface area contributed by atoms with Crippen LogP contribution in [0.1, 0.15) is 50.0 Å². The molecule has 0 aliphatic heterocycles. The molecule has 4 aromatic rings. The zero-order valence-electron chi connectivity index (χ0n) is 19.8. The van der Waals surface area contributed by atoms with Crippen molar-refractivity contribution in [1.82, 2.24) is 24.5 Å². The van der Waals surface area contributed by atoms with Crippen molar-refractivity contribution in [2.45, 2.75) is 50.9 Å². The summed E-state index contributed by atoms with van der Waals surface area (Å²) in [4.78, 5) is 42.6. The molecule has 7 rings (SSSR count). The molecule has 0 radical (unpaired) electrons. The van der Waals surface area contributed by atoms with E-state index in [0.717, 1.165) is 53.4 Å². The van der Waals surface area contributed by atoms with Crippen molar-refractivity contribution in [3.8, 4) is 22.6 Å². The van der Waals surface area contributed by atoms with Crippen LogP contribution in [0.5, 0.6) is 0 Å². The van der Waals surface area contributed by atoms with Crippen molar-refractivity contribution in [2.24, 2.45) is 12.5 Å². The molecule has 1 aromatic carbocycles. The summed E-state index contributed by atoms with van der Waals surface area (Å²) in [6.45, 7) is 1.95. The van der Waals surface area contributed by atoms with E-state index in [1.807, 2.05) is 43.3 Å². The largest absolute Gasteiger partial charge is 0.481 e. The van der Waals surface area contributed by atoms with Gasteiger partial charge in [0.1, 0.15) is 11.5 Å². The standard InChI is InChI=1S/C27H27N5O3/c1-16-4-3-5-20(29-16)22-21(17-6-7-19-18(14-17)23(33)32(2)15-28-19)30-24(31-22)26-8-11-27(12-9-26,13-10-26)25(34)35/h3-7,14-15H,8-13H2,1-2H3,(H,30,31)(H,34,35). The number of aromatic amines is 1. The first kappa shape index (κ1) is 21.7. The molecule has 3 aromatic heterocycles. The Bertz CT molecular complexity index is 1530. The van der Waals surface area contributed by atoms with Crippen LogP contribution >= 0.6 is 0 Å². The molecule has 3 saturated carbocycles. The number of carboxylic acids is 1. The van der Waals surface area contributed by atoms with Crippen molar-refractivity contribution in [3.05, 3.63) is 64.6 Å². The van der Waals surface area contributed by atoms with Crippen molar-refractivity contribution < 1.29 is 9.90 Å². The maximum absolute atomic E-state index is 12.8. The Hall–Kier alpha value is -3.81. The minimum absolute atomic E-state index is 0.102. The second kappa shape index (κ2) is 7.60. The number of H-pyrrole nitrogens is 1. The summed E-state index contributed by atoms with van der Waals surface area (Å²) in [5.41, 5.74) is 3.89. The first-order valence-electron chi connectivity index (χ1n) is 12.0. The van der Waals surface area contributed by atoms with E-state index >= 15 is 0 Å². The maximum Gasteiger partial charge on any atom is 0.309 e. The third kappa shape index (κ3) is 3.31. The lowest BCUT2D eigenvalue weighted by molar-refractivity contribution is -0.156. The van der Waals surface area contributed by atoms with Crippen molar-refractivity contribution in [1.29, 1.82) is 0 Å². The number of imidazole rings is 1. The molecule has 0 atom stereocenters. The molecule has 8 nitrogen and oxygen atoms in total. The quantitative estimate of drug-likeness (QED) is 0.459. The molecule has 8 heteroatoms. The number of aryl methyl sites for hydroxylation is 2. The molecule has 0 amide bonds. The predicted molar refractivity (Wildman–Crippen MR) is 132 cm³/mol. The van der Waals surface area contributed by atoms with Crippen LogP contribution in [0.15, 0.2) is 47.5 Å². The van der Waals surface area contributed by atoms with E-state index in [-0.39, 0.29) is 11.0 Å². The SMILES string of the molecule is Cc1cccc(-c2nc(C34CCC(C(=O)O)(CC3)CC4)[nH]c2-c2ccc3ncn(C)c(=O)c3c2)n1. The van der Waals surface area contributed by atoms with Gasteiger partial charge in [-0.1, -0.05) is 12.1 Å². The van der Waals surface area contributed by atoms with Crippen LogP contribution in [-0.4, -0.2) is 35.6 Å². The highest BCUT2D eigenvalue weighted by molar-refractivity contribution is 5.86. The average Bonchev–Trinajstić information content (AvgIpc) is 3.34. The minimum Gasteiger partial charge on any atom is -0.481 e. The van der Waals surface area contributed by atoms with Crippen LogP contribution in [-0.2, 0) is 17.3 Å². The van der Waals surface area contributed by atoms with E-state index in [1.165, 1.54) is 10.9 Å². The molecule has 2 N–H and O–H groups in total. The van der Waals surface area contributed by atoms with Gasteiger partial charge in [-0.05, 0) is 69.7 Å². The summed E-state index contributed by atoms with van der Waals surface area (Å²) in [6.07, 6.45) is 5.96. The van der Waals surface area contributed by atoms with E-state index < -0.39 is 11.4 Å². The summed E-state index contributed by atoms with van der Waals surface area (Å²) in [7, 11) is 1.69. The Morgan fingerprint density at radius 3 is 2.49 bits per heavy atom. The van der Waals surface area contributed by atoms with Gasteiger partial charge in [0.25, 0.3) is 5.56 Å². The maximum atomic E-state index is 12.8. The number of fused-ring (bicyclic) bond motifs is 4. The fourth-order valence-electron chi connectivity index (χ4n) is 5.92. The number of rotatable bonds is 4. The molecule has 2 bridgehead atoms. The van der Waals surface area contributed by atoms with Crippen LogP contribution < -0.4 is 5.56 Å². The van der Waals surface area contributed by atoms with E-state index in [2.05, 4.69) is 9.97 Å². The molecule has 0 spiro atoms. The summed E-state index contributed by atoms with van der Waals surface area (Å²) in [5, 5.41) is 10.4. The fourth-order valence-corrected chi connectivity index (χ4v) is 5.92. The fraction of sp³-hybridized carbons (Fsp3) is 0.370. The van der Waals surface area contributed by atoms with Gasteiger partial charge >= 0.3 is 5.97 Å². The van der Waals surface area contributed by atoms with Gasteiger partial charge in [0.2, 0.25) is 0 Å². The number of hydrogen-bond donors (Lipinski definition) is 2. The van der Waals surface area contributed by atoms with Crippen molar-refractivity contribution in [3.63, 3.8) is 0 Å². The summed E-state index contributed by atoms with van der Waals surface area (Å²) in [5.74, 6) is 0.227. The van der Waals surface area contributed by atoms with Crippen LogP contribution in [0.4, 0.5) is 0 Å². The molecule has 3 aliphatic rings. The summed E-state index contributed by atoms with van der Waals surface area (Å²) in [6, 6.07) is 11.6. The van der Waals surface area contributed by atoms with E-state index in [0.29, 0.717) is 30.2 Å². The smallest absolute Gasteiger partial charge is 0.309 e. The summed E-state index contributed by atoms with van der Waals surface area (Å²) < 4.78 is 1.48. The third-order valence-electron chi connectivity index (χ3n) is 8.24. The third-order valence-corrected chi connectivity index (χ3v) is 8.24. The number of nitrogens with one attached hydrogen (secondary N) is 1. The van der Waals surface area contributed by atoms with Crippen LogP contribution in [0, 0.1) is 12.3 Å². The van der Waals surface area contributed by atoms with Gasteiger partial charge in [0.15, 0.2) is 0 Å². The molecule has 178 valence electrons. The summed E-state index contributed by atoms with van der Waals surface area (Å²) >= 11 is 0. The van der Waals surface area contributed by atoms with Crippen molar-refractivity contribution >= 4 is 16.9 Å². The number of aliphatic carboxylic acids is 1. The molecular weight excluding hydrogens is 442 g/mol. The highest BCUT2D eigenvalue weighted by Gasteiger charge is 2.54. The van der Waals surface area contributed by atoms with E-state index in [4.69, 9.17) is 9.97 Å². The number of aromatic nitrogens is 5. The van der Waals surface area contributed by atoms with Gasteiger partial charge in [0, 0.05) is 23.7 Å². The monoisotopic (exact) mass is 469 g/mol. The van der Waals surface area contributed by atoms with Gasteiger partial charge in [-0.3, -0.25) is 14.6 Å². The number of carboxylic acid groups (broad SMARTS) is 1. The molecule has 3 aliphatic carbocycles. The lowest BCUT2D eigenvalue weighted by Gasteiger charge is -2.50. The Morgan fingerprint density at radius 1 is 1.06 bits per heavy atom. The van der Waals surface area contributed by atoms with E-state index in [1.54, 1.807) is 7.05 Å². The van der Waals surface area contributed by atoms with Gasteiger partial charge < -0.3 is 14.7 Å². The Labute approximate surface area is 202 Å². The zero-order valence-corrected chi connectivity index (χ0v) is 19.8. The van der Waals surface area contributed by atoms with Gasteiger partial charge in [-0.15, -0.1) is 0 Å². The lowest BCUT2D eigenvalue weighted by Crippen LogP contribution is -2.48. The molecular formula is C27H27N5O3. The van der Waals surface area contributed by atoms with Crippen LogP contribution in [0.25, 0.3) is 33.5 Å². The number of pyridine rings is 1. The van der Waals surface area contributed by atoms with Crippen LogP contribution in [0.3, 0.4) is 0 Å². The Morgan fingerprint density at radius 2 is 1.80 bits per heavy atom. The van der Waals surface area contributed by atoms with E-state index in [9.17, 15) is 14.7 Å². The molecule has 0 unspecified atom stereocenters. The average molecular weight is 470 g/mol.